The predicted octanol–water partition coefficient (Wildman–Crippen LogP) is 6.10. The van der Waals surface area contributed by atoms with E-state index in [1.54, 1.807) is 0 Å². The second-order valence-electron chi connectivity index (χ2n) is 8.14. The Hall–Kier alpha value is -0.370. The third-order valence-corrected chi connectivity index (χ3v) is 6.62. The maximum atomic E-state index is 4.03. The lowest BCUT2D eigenvalue weighted by molar-refractivity contribution is 0.225. The highest BCUT2D eigenvalue weighted by Gasteiger charge is 2.29. The number of aliphatic imine (C=N–C) groups is 1. The van der Waals surface area contributed by atoms with Gasteiger partial charge in [0.1, 0.15) is 0 Å². The molecule has 2 heteroatoms. The lowest BCUT2D eigenvalue weighted by atomic mass is 9.78. The van der Waals surface area contributed by atoms with Crippen LogP contribution in [0.4, 0.5) is 0 Å². The number of hydrogen-bond acceptors (Lipinski definition) is 2. The Morgan fingerprint density at radius 3 is 2.46 bits per heavy atom. The topological polar surface area (TPSA) is 24.4 Å². The molecular formula is C22H44N2. The van der Waals surface area contributed by atoms with Crippen LogP contribution in [-0.2, 0) is 0 Å². The molecule has 0 aromatic rings. The van der Waals surface area contributed by atoms with Gasteiger partial charge in [-0.1, -0.05) is 65.7 Å². The largest absolute Gasteiger partial charge is 0.317 e. The number of rotatable bonds is 14. The Balaban J connectivity index is 2.59. The van der Waals surface area contributed by atoms with Crippen molar-refractivity contribution in [2.75, 3.05) is 13.6 Å². The SMILES string of the molecule is C=NCCCC(CC)C(CC(CCC)CC1CCCC1CC)NC. The summed E-state index contributed by atoms with van der Waals surface area (Å²) in [6.45, 7) is 11.7. The summed E-state index contributed by atoms with van der Waals surface area (Å²) in [4.78, 5) is 4.03. The molecule has 0 bridgehead atoms. The van der Waals surface area contributed by atoms with E-state index in [1.165, 1.54) is 70.6 Å². The Morgan fingerprint density at radius 1 is 1.12 bits per heavy atom. The van der Waals surface area contributed by atoms with Crippen molar-refractivity contribution in [3.8, 4) is 0 Å². The lowest BCUT2D eigenvalue weighted by Crippen LogP contribution is -2.36. The summed E-state index contributed by atoms with van der Waals surface area (Å²) in [5.41, 5.74) is 0. The molecule has 1 fully saturated rings. The van der Waals surface area contributed by atoms with Crippen LogP contribution >= 0.6 is 0 Å². The summed E-state index contributed by atoms with van der Waals surface area (Å²) in [6.07, 6.45) is 15.2. The molecule has 0 radical (unpaired) electrons. The first-order valence-electron chi connectivity index (χ1n) is 10.8. The summed E-state index contributed by atoms with van der Waals surface area (Å²) in [5.74, 6) is 3.73. The van der Waals surface area contributed by atoms with E-state index in [1.807, 2.05) is 0 Å². The van der Waals surface area contributed by atoms with E-state index in [9.17, 15) is 0 Å². The van der Waals surface area contributed by atoms with Gasteiger partial charge in [0, 0.05) is 12.6 Å². The van der Waals surface area contributed by atoms with Crippen LogP contribution in [0.1, 0.15) is 91.4 Å². The zero-order valence-corrected chi connectivity index (χ0v) is 17.0. The standard InChI is InChI=1S/C22H44N2/c1-6-11-18(16-21-13-9-12-19(21)7-2)17-22(24-5)20(8-3)14-10-15-23-4/h18-22,24H,4,6-17H2,1-3,5H3. The molecule has 1 N–H and O–H groups in total. The Labute approximate surface area is 152 Å². The maximum absolute atomic E-state index is 4.03. The third-order valence-electron chi connectivity index (χ3n) is 6.62. The molecule has 0 aromatic heterocycles. The molecule has 0 aliphatic heterocycles. The van der Waals surface area contributed by atoms with Gasteiger partial charge in [0.15, 0.2) is 0 Å². The van der Waals surface area contributed by atoms with E-state index < -0.39 is 0 Å². The fourth-order valence-corrected chi connectivity index (χ4v) is 5.19. The number of hydrogen-bond donors (Lipinski definition) is 1. The third kappa shape index (κ3) is 7.25. The van der Waals surface area contributed by atoms with Crippen molar-refractivity contribution in [1.29, 1.82) is 0 Å². The molecule has 142 valence electrons. The van der Waals surface area contributed by atoms with Gasteiger partial charge in [-0.3, -0.25) is 0 Å². The summed E-state index contributed by atoms with van der Waals surface area (Å²) in [7, 11) is 2.17. The van der Waals surface area contributed by atoms with E-state index in [2.05, 4.69) is 44.8 Å². The van der Waals surface area contributed by atoms with Gasteiger partial charge < -0.3 is 10.3 Å². The average molecular weight is 337 g/mol. The molecule has 0 aromatic carbocycles. The van der Waals surface area contributed by atoms with Crippen molar-refractivity contribution in [3.05, 3.63) is 0 Å². The van der Waals surface area contributed by atoms with Crippen LogP contribution in [0.15, 0.2) is 4.99 Å². The molecule has 24 heavy (non-hydrogen) atoms. The first kappa shape index (κ1) is 21.7. The van der Waals surface area contributed by atoms with Crippen LogP contribution in [0, 0.1) is 23.7 Å². The lowest BCUT2D eigenvalue weighted by Gasteiger charge is -2.32. The van der Waals surface area contributed by atoms with Gasteiger partial charge in [-0.2, -0.15) is 0 Å². The van der Waals surface area contributed by atoms with E-state index >= 15 is 0 Å². The van der Waals surface area contributed by atoms with Crippen molar-refractivity contribution >= 4 is 6.72 Å². The van der Waals surface area contributed by atoms with Crippen LogP contribution < -0.4 is 5.32 Å². The molecule has 0 amide bonds. The molecule has 0 saturated heterocycles. The minimum Gasteiger partial charge on any atom is -0.317 e. The first-order chi connectivity index (χ1) is 11.7. The second-order valence-corrected chi connectivity index (χ2v) is 8.14. The maximum Gasteiger partial charge on any atom is 0.0382 e. The molecule has 1 aliphatic carbocycles. The Bertz CT molecular complexity index is 315. The highest BCUT2D eigenvalue weighted by atomic mass is 14.9. The van der Waals surface area contributed by atoms with E-state index in [4.69, 9.17) is 0 Å². The fraction of sp³-hybridized carbons (Fsp3) is 0.955. The van der Waals surface area contributed by atoms with Crippen LogP contribution in [-0.4, -0.2) is 26.4 Å². The monoisotopic (exact) mass is 336 g/mol. The van der Waals surface area contributed by atoms with Gasteiger partial charge in [-0.25, -0.2) is 0 Å². The predicted molar refractivity (Wildman–Crippen MR) is 109 cm³/mol. The second kappa shape index (κ2) is 12.9. The van der Waals surface area contributed by atoms with Crippen molar-refractivity contribution in [3.63, 3.8) is 0 Å². The minimum atomic E-state index is 0.679. The minimum absolute atomic E-state index is 0.679. The fourth-order valence-electron chi connectivity index (χ4n) is 5.19. The van der Waals surface area contributed by atoms with Crippen molar-refractivity contribution in [1.82, 2.24) is 5.32 Å². The number of nitrogens with zero attached hydrogens (tertiary/aromatic N) is 1. The summed E-state index contributed by atoms with van der Waals surface area (Å²) >= 11 is 0. The van der Waals surface area contributed by atoms with Crippen molar-refractivity contribution in [2.45, 2.75) is 97.4 Å². The summed E-state index contributed by atoms with van der Waals surface area (Å²) < 4.78 is 0. The van der Waals surface area contributed by atoms with Crippen LogP contribution in [0.25, 0.3) is 0 Å². The molecule has 1 saturated carbocycles. The molecule has 5 atom stereocenters. The van der Waals surface area contributed by atoms with Gasteiger partial charge in [0.05, 0.1) is 0 Å². The average Bonchev–Trinajstić information content (AvgIpc) is 3.04. The van der Waals surface area contributed by atoms with E-state index in [-0.39, 0.29) is 0 Å². The molecular weight excluding hydrogens is 292 g/mol. The molecule has 0 heterocycles. The quantitative estimate of drug-likeness (QED) is 0.300. The first-order valence-corrected chi connectivity index (χ1v) is 10.8. The molecule has 2 nitrogen and oxygen atoms in total. The van der Waals surface area contributed by atoms with Gasteiger partial charge in [0.2, 0.25) is 0 Å². The van der Waals surface area contributed by atoms with Crippen molar-refractivity contribution < 1.29 is 0 Å². The smallest absolute Gasteiger partial charge is 0.0382 e. The molecule has 1 aliphatic rings. The highest BCUT2D eigenvalue weighted by molar-refractivity contribution is 5.22. The zero-order chi connectivity index (χ0) is 17.8. The number of nitrogens with one attached hydrogen (secondary N) is 1. The molecule has 0 spiro atoms. The van der Waals surface area contributed by atoms with Gasteiger partial charge in [0.25, 0.3) is 0 Å². The highest BCUT2D eigenvalue weighted by Crippen LogP contribution is 2.40. The Morgan fingerprint density at radius 2 is 1.88 bits per heavy atom. The summed E-state index contributed by atoms with van der Waals surface area (Å²) in [5, 5.41) is 3.67. The van der Waals surface area contributed by atoms with Gasteiger partial charge in [-0.15, -0.1) is 0 Å². The molecule has 1 rings (SSSR count). The summed E-state index contributed by atoms with van der Waals surface area (Å²) in [6, 6.07) is 0.679. The van der Waals surface area contributed by atoms with Crippen LogP contribution in [0.2, 0.25) is 0 Å². The Kier molecular flexibility index (Phi) is 11.7. The van der Waals surface area contributed by atoms with Crippen LogP contribution in [0.5, 0.6) is 0 Å². The van der Waals surface area contributed by atoms with E-state index in [0.29, 0.717) is 6.04 Å². The van der Waals surface area contributed by atoms with E-state index in [0.717, 1.165) is 30.2 Å². The van der Waals surface area contributed by atoms with Gasteiger partial charge >= 0.3 is 0 Å². The van der Waals surface area contributed by atoms with Crippen LogP contribution in [0.3, 0.4) is 0 Å². The van der Waals surface area contributed by atoms with Crippen molar-refractivity contribution in [2.24, 2.45) is 28.7 Å². The normalized spacial score (nSPS) is 24.7. The van der Waals surface area contributed by atoms with Gasteiger partial charge in [-0.05, 0) is 63.1 Å². The zero-order valence-electron chi connectivity index (χ0n) is 17.0. The molecule has 5 unspecified atom stereocenters.